The Bertz CT molecular complexity index is 820. The molecule has 0 amide bonds. The Hall–Kier alpha value is -2.33. The van der Waals surface area contributed by atoms with Gasteiger partial charge in [0.25, 0.3) is 5.89 Å². The van der Waals surface area contributed by atoms with Crippen molar-refractivity contribution < 1.29 is 9.15 Å². The molecule has 124 valence electrons. The predicted molar refractivity (Wildman–Crippen MR) is 94.2 cm³/mol. The van der Waals surface area contributed by atoms with Crippen molar-refractivity contribution in [2.45, 2.75) is 32.8 Å². The summed E-state index contributed by atoms with van der Waals surface area (Å²) in [5.41, 5.74) is 1.97. The molecule has 3 aromatic rings. The van der Waals surface area contributed by atoms with E-state index in [2.05, 4.69) is 37.0 Å². The average Bonchev–Trinajstić information content (AvgIpc) is 3.02. The summed E-state index contributed by atoms with van der Waals surface area (Å²) in [6.07, 6.45) is 0. The molecule has 5 heteroatoms. The molecule has 0 N–H and O–H groups in total. The van der Waals surface area contributed by atoms with Crippen LogP contribution in [0.5, 0.6) is 5.75 Å². The van der Waals surface area contributed by atoms with E-state index in [1.165, 1.54) is 0 Å². The van der Waals surface area contributed by atoms with Crippen LogP contribution in [0.3, 0.4) is 0 Å². The number of nitrogens with zero attached hydrogens (tertiary/aromatic N) is 2. The van der Waals surface area contributed by atoms with Crippen LogP contribution in [-0.4, -0.2) is 10.2 Å². The van der Waals surface area contributed by atoms with E-state index in [4.69, 9.17) is 20.8 Å². The van der Waals surface area contributed by atoms with E-state index in [-0.39, 0.29) is 12.0 Å². The van der Waals surface area contributed by atoms with Gasteiger partial charge >= 0.3 is 0 Å². The Labute approximate surface area is 146 Å². The molecule has 1 aromatic heterocycles. The zero-order valence-corrected chi connectivity index (χ0v) is 14.7. The van der Waals surface area contributed by atoms with Crippen molar-refractivity contribution in [3.8, 4) is 17.2 Å². The monoisotopic (exact) mass is 342 g/mol. The van der Waals surface area contributed by atoms with Gasteiger partial charge in [-0.05, 0) is 41.3 Å². The molecule has 0 unspecified atom stereocenters. The van der Waals surface area contributed by atoms with E-state index in [9.17, 15) is 0 Å². The highest BCUT2D eigenvalue weighted by atomic mass is 35.5. The maximum Gasteiger partial charge on any atom is 0.254 e. The maximum atomic E-state index is 5.90. The Kier molecular flexibility index (Phi) is 4.58. The third-order valence-electron chi connectivity index (χ3n) is 3.60. The fourth-order valence-corrected chi connectivity index (χ4v) is 2.50. The smallest absolute Gasteiger partial charge is 0.254 e. The van der Waals surface area contributed by atoms with Crippen molar-refractivity contribution in [1.82, 2.24) is 10.2 Å². The first-order chi connectivity index (χ1) is 11.4. The van der Waals surface area contributed by atoms with Crippen molar-refractivity contribution in [3.05, 3.63) is 65.0 Å². The SMILES string of the molecule is CC(C)(C)c1ccccc1OCc1nnc(-c2ccc(Cl)cc2)o1. The molecule has 0 fully saturated rings. The molecular formula is C19H19ClN2O2. The molecule has 0 aliphatic carbocycles. The summed E-state index contributed by atoms with van der Waals surface area (Å²) >= 11 is 5.89. The summed E-state index contributed by atoms with van der Waals surface area (Å²) in [4.78, 5) is 0. The zero-order valence-electron chi connectivity index (χ0n) is 13.9. The minimum Gasteiger partial charge on any atom is -0.484 e. The van der Waals surface area contributed by atoms with Gasteiger partial charge in [-0.3, -0.25) is 0 Å². The predicted octanol–water partition coefficient (Wildman–Crippen LogP) is 5.27. The van der Waals surface area contributed by atoms with E-state index in [1.807, 2.05) is 30.3 Å². The molecule has 0 aliphatic rings. The van der Waals surface area contributed by atoms with Gasteiger partial charge in [0.15, 0.2) is 6.61 Å². The molecule has 0 saturated carbocycles. The number of rotatable bonds is 4. The van der Waals surface area contributed by atoms with Crippen molar-refractivity contribution in [3.63, 3.8) is 0 Å². The minimum atomic E-state index is -0.0000961. The summed E-state index contributed by atoms with van der Waals surface area (Å²) < 4.78 is 11.6. The zero-order chi connectivity index (χ0) is 17.2. The molecule has 0 bridgehead atoms. The van der Waals surface area contributed by atoms with Gasteiger partial charge < -0.3 is 9.15 Å². The largest absolute Gasteiger partial charge is 0.484 e. The molecule has 0 aliphatic heterocycles. The molecule has 0 atom stereocenters. The van der Waals surface area contributed by atoms with Gasteiger partial charge in [0.1, 0.15) is 5.75 Å². The third-order valence-corrected chi connectivity index (χ3v) is 3.86. The normalized spacial score (nSPS) is 11.5. The Morgan fingerprint density at radius 2 is 1.71 bits per heavy atom. The van der Waals surface area contributed by atoms with E-state index < -0.39 is 0 Å². The van der Waals surface area contributed by atoms with Crippen LogP contribution in [0.2, 0.25) is 5.02 Å². The van der Waals surface area contributed by atoms with Gasteiger partial charge in [0.05, 0.1) is 0 Å². The molecule has 0 spiro atoms. The van der Waals surface area contributed by atoms with Crippen LogP contribution in [-0.2, 0) is 12.0 Å². The second-order valence-electron chi connectivity index (χ2n) is 6.54. The molecule has 0 saturated heterocycles. The second kappa shape index (κ2) is 6.65. The van der Waals surface area contributed by atoms with Gasteiger partial charge in [0.2, 0.25) is 5.89 Å². The van der Waals surface area contributed by atoms with Crippen LogP contribution < -0.4 is 4.74 Å². The first-order valence-corrected chi connectivity index (χ1v) is 8.12. The van der Waals surface area contributed by atoms with E-state index >= 15 is 0 Å². The molecule has 24 heavy (non-hydrogen) atoms. The van der Waals surface area contributed by atoms with E-state index in [0.29, 0.717) is 16.8 Å². The highest BCUT2D eigenvalue weighted by Crippen LogP contribution is 2.31. The van der Waals surface area contributed by atoms with E-state index in [1.54, 1.807) is 12.1 Å². The molecular weight excluding hydrogens is 324 g/mol. The van der Waals surface area contributed by atoms with Crippen LogP contribution in [0.15, 0.2) is 52.9 Å². The summed E-state index contributed by atoms with van der Waals surface area (Å²) in [5.74, 6) is 1.72. The summed E-state index contributed by atoms with van der Waals surface area (Å²) in [7, 11) is 0. The number of hydrogen-bond acceptors (Lipinski definition) is 4. The summed E-state index contributed by atoms with van der Waals surface area (Å²) in [6.45, 7) is 6.69. The molecule has 0 radical (unpaired) electrons. The number of halogens is 1. The fraction of sp³-hybridized carbons (Fsp3) is 0.263. The van der Waals surface area contributed by atoms with Crippen molar-refractivity contribution in [1.29, 1.82) is 0 Å². The highest BCUT2D eigenvalue weighted by molar-refractivity contribution is 6.30. The number of hydrogen-bond donors (Lipinski definition) is 0. The van der Waals surface area contributed by atoms with Gasteiger partial charge in [-0.1, -0.05) is 50.6 Å². The van der Waals surface area contributed by atoms with Crippen molar-refractivity contribution in [2.75, 3.05) is 0 Å². The third kappa shape index (κ3) is 3.77. The van der Waals surface area contributed by atoms with E-state index in [0.717, 1.165) is 16.9 Å². The molecule has 2 aromatic carbocycles. The van der Waals surface area contributed by atoms with Crippen LogP contribution in [0, 0.1) is 0 Å². The Morgan fingerprint density at radius 1 is 1.00 bits per heavy atom. The van der Waals surface area contributed by atoms with Crippen molar-refractivity contribution in [2.24, 2.45) is 0 Å². The maximum absolute atomic E-state index is 5.90. The Morgan fingerprint density at radius 3 is 2.42 bits per heavy atom. The molecule has 3 rings (SSSR count). The topological polar surface area (TPSA) is 48.2 Å². The fourth-order valence-electron chi connectivity index (χ4n) is 2.37. The lowest BCUT2D eigenvalue weighted by Crippen LogP contribution is -2.13. The van der Waals surface area contributed by atoms with Crippen LogP contribution in [0.1, 0.15) is 32.2 Å². The van der Waals surface area contributed by atoms with Crippen LogP contribution >= 0.6 is 11.6 Å². The number of benzene rings is 2. The van der Waals surface area contributed by atoms with Crippen LogP contribution in [0.4, 0.5) is 0 Å². The first-order valence-electron chi connectivity index (χ1n) is 7.74. The van der Waals surface area contributed by atoms with Crippen molar-refractivity contribution >= 4 is 11.6 Å². The molecule has 1 heterocycles. The van der Waals surface area contributed by atoms with Gasteiger partial charge in [-0.15, -0.1) is 10.2 Å². The quantitative estimate of drug-likeness (QED) is 0.648. The minimum absolute atomic E-state index is 0.0000961. The van der Waals surface area contributed by atoms with Gasteiger partial charge in [-0.2, -0.15) is 0 Å². The average molecular weight is 343 g/mol. The standard InChI is InChI=1S/C19H19ClN2O2/c1-19(2,3)15-6-4-5-7-16(15)23-12-17-21-22-18(24-17)13-8-10-14(20)11-9-13/h4-11H,12H2,1-3H3. The first kappa shape index (κ1) is 16.5. The molecule has 4 nitrogen and oxygen atoms in total. The van der Waals surface area contributed by atoms with Gasteiger partial charge in [-0.25, -0.2) is 0 Å². The summed E-state index contributed by atoms with van der Waals surface area (Å²) in [5, 5.41) is 8.77. The number of para-hydroxylation sites is 1. The lowest BCUT2D eigenvalue weighted by Gasteiger charge is -2.22. The lowest BCUT2D eigenvalue weighted by molar-refractivity contribution is 0.258. The van der Waals surface area contributed by atoms with Crippen LogP contribution in [0.25, 0.3) is 11.5 Å². The lowest BCUT2D eigenvalue weighted by atomic mass is 9.86. The summed E-state index contributed by atoms with van der Waals surface area (Å²) in [6, 6.07) is 15.3. The van der Waals surface area contributed by atoms with Gasteiger partial charge in [0, 0.05) is 10.6 Å². The highest BCUT2D eigenvalue weighted by Gasteiger charge is 2.19. The number of ether oxygens (including phenoxy) is 1. The second-order valence-corrected chi connectivity index (χ2v) is 6.98. The Balaban J connectivity index is 1.74. The number of aromatic nitrogens is 2.